The van der Waals surface area contributed by atoms with Gasteiger partial charge < -0.3 is 11.1 Å². The molecular weight excluding hydrogens is 288 g/mol. The van der Waals surface area contributed by atoms with Crippen LogP contribution in [0.25, 0.3) is 0 Å². The van der Waals surface area contributed by atoms with Gasteiger partial charge in [-0.1, -0.05) is 40.2 Å². The van der Waals surface area contributed by atoms with E-state index in [2.05, 4.69) is 64.6 Å². The summed E-state index contributed by atoms with van der Waals surface area (Å²) >= 11 is 3.47. The Kier molecular flexibility index (Phi) is 4.39. The zero-order valence-electron chi connectivity index (χ0n) is 10.4. The van der Waals surface area contributed by atoms with Crippen LogP contribution < -0.4 is 11.1 Å². The van der Waals surface area contributed by atoms with Crippen molar-refractivity contribution in [1.82, 2.24) is 0 Å². The monoisotopic (exact) mass is 304 g/mol. The third-order valence-corrected chi connectivity index (χ3v) is 3.42. The molecule has 0 spiro atoms. The third-order valence-electron chi connectivity index (χ3n) is 2.93. The number of hydrogen-bond donors (Lipinski definition) is 2. The van der Waals surface area contributed by atoms with Crippen molar-refractivity contribution in [1.29, 1.82) is 0 Å². The summed E-state index contributed by atoms with van der Waals surface area (Å²) in [5.41, 5.74) is 10.4. The normalized spacial score (nSPS) is 10.4. The number of nitrogens with one attached hydrogen (secondary N) is 1. The van der Waals surface area contributed by atoms with E-state index >= 15 is 0 Å². The Morgan fingerprint density at radius 1 is 1.06 bits per heavy atom. The van der Waals surface area contributed by atoms with Crippen LogP contribution in [-0.2, 0) is 13.1 Å². The van der Waals surface area contributed by atoms with E-state index in [4.69, 9.17) is 5.73 Å². The van der Waals surface area contributed by atoms with E-state index < -0.39 is 0 Å². The van der Waals surface area contributed by atoms with E-state index in [1.54, 1.807) is 0 Å². The molecule has 0 aliphatic heterocycles. The molecule has 0 heterocycles. The Morgan fingerprint density at radius 2 is 1.72 bits per heavy atom. The van der Waals surface area contributed by atoms with Crippen LogP contribution >= 0.6 is 15.9 Å². The molecule has 0 bridgehead atoms. The third kappa shape index (κ3) is 3.34. The predicted molar refractivity (Wildman–Crippen MR) is 80.5 cm³/mol. The largest absolute Gasteiger partial charge is 0.381 e. The number of rotatable bonds is 4. The standard InChI is InChI=1S/C15H17BrN2/c1-11-8-14(16)6-7-15(11)18-10-13-4-2-12(9-17)3-5-13/h2-8,18H,9-10,17H2,1H3. The van der Waals surface area contributed by atoms with Crippen molar-refractivity contribution in [2.24, 2.45) is 5.73 Å². The van der Waals surface area contributed by atoms with Crippen molar-refractivity contribution in [3.05, 3.63) is 63.6 Å². The summed E-state index contributed by atoms with van der Waals surface area (Å²) in [4.78, 5) is 0. The number of halogens is 1. The molecule has 0 fully saturated rings. The number of hydrogen-bond acceptors (Lipinski definition) is 2. The van der Waals surface area contributed by atoms with Crippen molar-refractivity contribution < 1.29 is 0 Å². The highest BCUT2D eigenvalue weighted by molar-refractivity contribution is 9.10. The van der Waals surface area contributed by atoms with Crippen molar-refractivity contribution in [2.75, 3.05) is 5.32 Å². The van der Waals surface area contributed by atoms with Gasteiger partial charge in [0.25, 0.3) is 0 Å². The van der Waals surface area contributed by atoms with E-state index in [9.17, 15) is 0 Å². The maximum Gasteiger partial charge on any atom is 0.0400 e. The number of anilines is 1. The molecule has 2 rings (SSSR count). The second-order valence-electron chi connectivity index (χ2n) is 4.33. The summed E-state index contributed by atoms with van der Waals surface area (Å²) < 4.78 is 1.11. The maximum atomic E-state index is 5.58. The fourth-order valence-electron chi connectivity index (χ4n) is 1.82. The Hall–Kier alpha value is -1.32. The molecule has 94 valence electrons. The van der Waals surface area contributed by atoms with Crippen LogP contribution in [0, 0.1) is 6.92 Å². The van der Waals surface area contributed by atoms with E-state index in [1.807, 2.05) is 6.07 Å². The molecule has 0 aromatic heterocycles. The topological polar surface area (TPSA) is 38.0 Å². The second kappa shape index (κ2) is 6.03. The van der Waals surface area contributed by atoms with E-state index in [-0.39, 0.29) is 0 Å². The molecule has 2 aromatic carbocycles. The molecule has 2 nitrogen and oxygen atoms in total. The van der Waals surface area contributed by atoms with Crippen molar-refractivity contribution in [3.8, 4) is 0 Å². The molecule has 18 heavy (non-hydrogen) atoms. The fraction of sp³-hybridized carbons (Fsp3) is 0.200. The van der Waals surface area contributed by atoms with Gasteiger partial charge in [0.05, 0.1) is 0 Å². The SMILES string of the molecule is Cc1cc(Br)ccc1NCc1ccc(CN)cc1. The zero-order chi connectivity index (χ0) is 13.0. The lowest BCUT2D eigenvalue weighted by Crippen LogP contribution is -2.02. The Labute approximate surface area is 116 Å². The summed E-state index contributed by atoms with van der Waals surface area (Å²) in [6.45, 7) is 3.53. The van der Waals surface area contributed by atoms with Gasteiger partial charge in [-0.05, 0) is 41.8 Å². The highest BCUT2D eigenvalue weighted by Gasteiger charge is 1.99. The van der Waals surface area contributed by atoms with E-state index in [1.165, 1.54) is 22.4 Å². The van der Waals surface area contributed by atoms with Crippen molar-refractivity contribution in [2.45, 2.75) is 20.0 Å². The summed E-state index contributed by atoms with van der Waals surface area (Å²) in [6, 6.07) is 14.6. The highest BCUT2D eigenvalue weighted by Crippen LogP contribution is 2.20. The van der Waals surface area contributed by atoms with Gasteiger partial charge in [-0.15, -0.1) is 0 Å². The molecule has 0 saturated carbocycles. The van der Waals surface area contributed by atoms with Crippen LogP contribution in [-0.4, -0.2) is 0 Å². The molecule has 3 heteroatoms. The molecule has 0 aliphatic rings. The van der Waals surface area contributed by atoms with Crippen LogP contribution in [0.5, 0.6) is 0 Å². The summed E-state index contributed by atoms with van der Waals surface area (Å²) in [6.07, 6.45) is 0. The van der Waals surface area contributed by atoms with Crippen LogP contribution in [0.4, 0.5) is 5.69 Å². The smallest absolute Gasteiger partial charge is 0.0400 e. The Morgan fingerprint density at radius 3 is 2.33 bits per heavy atom. The first-order valence-corrected chi connectivity index (χ1v) is 6.76. The van der Waals surface area contributed by atoms with E-state index in [0.717, 1.165) is 11.0 Å². The molecule has 0 saturated heterocycles. The maximum absolute atomic E-state index is 5.58. The van der Waals surface area contributed by atoms with Gasteiger partial charge in [-0.2, -0.15) is 0 Å². The summed E-state index contributed by atoms with van der Waals surface area (Å²) in [5.74, 6) is 0. The molecule has 0 atom stereocenters. The quantitative estimate of drug-likeness (QED) is 0.901. The summed E-state index contributed by atoms with van der Waals surface area (Å²) in [7, 11) is 0. The van der Waals surface area contributed by atoms with Crippen molar-refractivity contribution >= 4 is 21.6 Å². The molecule has 2 aromatic rings. The molecule has 3 N–H and O–H groups in total. The van der Waals surface area contributed by atoms with Gasteiger partial charge in [0.1, 0.15) is 0 Å². The molecular formula is C15H17BrN2. The minimum atomic E-state index is 0.597. The molecule has 0 radical (unpaired) electrons. The number of nitrogens with two attached hydrogens (primary N) is 1. The first kappa shape index (κ1) is 13.1. The van der Waals surface area contributed by atoms with Crippen LogP contribution in [0.3, 0.4) is 0 Å². The average molecular weight is 305 g/mol. The minimum Gasteiger partial charge on any atom is -0.381 e. The van der Waals surface area contributed by atoms with Gasteiger partial charge >= 0.3 is 0 Å². The lowest BCUT2D eigenvalue weighted by atomic mass is 10.1. The van der Waals surface area contributed by atoms with Gasteiger partial charge in [-0.3, -0.25) is 0 Å². The van der Waals surface area contributed by atoms with Crippen LogP contribution in [0.1, 0.15) is 16.7 Å². The van der Waals surface area contributed by atoms with Gasteiger partial charge in [0, 0.05) is 23.2 Å². The first-order chi connectivity index (χ1) is 8.69. The van der Waals surface area contributed by atoms with Crippen molar-refractivity contribution in [3.63, 3.8) is 0 Å². The Balaban J connectivity index is 2.02. The van der Waals surface area contributed by atoms with E-state index in [0.29, 0.717) is 6.54 Å². The van der Waals surface area contributed by atoms with Gasteiger partial charge in [0.15, 0.2) is 0 Å². The second-order valence-corrected chi connectivity index (χ2v) is 5.25. The molecule has 0 amide bonds. The Bertz CT molecular complexity index is 521. The number of aryl methyl sites for hydroxylation is 1. The fourth-order valence-corrected chi connectivity index (χ4v) is 2.29. The minimum absolute atomic E-state index is 0.597. The first-order valence-electron chi connectivity index (χ1n) is 5.97. The zero-order valence-corrected chi connectivity index (χ0v) is 12.0. The highest BCUT2D eigenvalue weighted by atomic mass is 79.9. The van der Waals surface area contributed by atoms with Gasteiger partial charge in [0.2, 0.25) is 0 Å². The van der Waals surface area contributed by atoms with Crippen LogP contribution in [0.15, 0.2) is 46.9 Å². The number of benzene rings is 2. The molecule has 0 aliphatic carbocycles. The van der Waals surface area contributed by atoms with Gasteiger partial charge in [-0.25, -0.2) is 0 Å². The predicted octanol–water partition coefficient (Wildman–Crippen LogP) is 3.83. The summed E-state index contributed by atoms with van der Waals surface area (Å²) in [5, 5.41) is 3.44. The lowest BCUT2D eigenvalue weighted by molar-refractivity contribution is 1.06. The lowest BCUT2D eigenvalue weighted by Gasteiger charge is -2.10. The average Bonchev–Trinajstić information content (AvgIpc) is 2.38. The molecule has 0 unspecified atom stereocenters. The van der Waals surface area contributed by atoms with Crippen LogP contribution in [0.2, 0.25) is 0 Å².